The highest BCUT2D eigenvalue weighted by Gasteiger charge is 2.05. The first-order chi connectivity index (χ1) is 9.54. The first-order valence-electron chi connectivity index (χ1n) is 5.89. The molecule has 0 aliphatic heterocycles. The molecule has 0 aliphatic rings. The van der Waals surface area contributed by atoms with E-state index in [1.54, 1.807) is 30.3 Å². The van der Waals surface area contributed by atoms with Crippen molar-refractivity contribution in [2.45, 2.75) is 6.54 Å². The molecule has 2 aromatic rings. The molecule has 4 N–H and O–H groups in total. The number of carbonyl (C=O) groups excluding carboxylic acids is 1. The number of hydrogen-bond acceptors (Lipinski definition) is 2. The summed E-state index contributed by atoms with van der Waals surface area (Å²) in [5, 5.41) is 6.49. The van der Waals surface area contributed by atoms with Crippen LogP contribution in [0.1, 0.15) is 5.56 Å². The van der Waals surface area contributed by atoms with Gasteiger partial charge in [0, 0.05) is 16.6 Å². The summed E-state index contributed by atoms with van der Waals surface area (Å²) in [6, 6.07) is 11.8. The molecule has 0 aromatic heterocycles. The number of nitrogen functional groups attached to an aromatic ring is 1. The minimum absolute atomic E-state index is 0.362. The Kier molecular flexibility index (Phi) is 4.71. The number of carbonyl (C=O) groups is 1. The van der Waals surface area contributed by atoms with Crippen LogP contribution < -0.4 is 16.4 Å². The van der Waals surface area contributed by atoms with Crippen LogP contribution in [0.4, 0.5) is 16.2 Å². The van der Waals surface area contributed by atoms with Crippen LogP contribution in [-0.4, -0.2) is 6.03 Å². The molecule has 6 heteroatoms. The smallest absolute Gasteiger partial charge is 0.319 e. The zero-order valence-electron chi connectivity index (χ0n) is 10.5. The highest BCUT2D eigenvalue weighted by molar-refractivity contribution is 6.31. The van der Waals surface area contributed by atoms with Crippen molar-refractivity contribution in [2.75, 3.05) is 11.1 Å². The van der Waals surface area contributed by atoms with Crippen molar-refractivity contribution >= 4 is 40.6 Å². The summed E-state index contributed by atoms with van der Waals surface area (Å²) in [5.74, 6) is 0. The Morgan fingerprint density at radius 2 is 1.85 bits per heavy atom. The topological polar surface area (TPSA) is 67.1 Å². The lowest BCUT2D eigenvalue weighted by molar-refractivity contribution is 0.252. The van der Waals surface area contributed by atoms with Crippen LogP contribution in [0.5, 0.6) is 0 Å². The lowest BCUT2D eigenvalue weighted by Gasteiger charge is -2.10. The number of rotatable bonds is 3. The maximum absolute atomic E-state index is 11.8. The van der Waals surface area contributed by atoms with Gasteiger partial charge in [-0.2, -0.15) is 0 Å². The average Bonchev–Trinajstić information content (AvgIpc) is 2.41. The van der Waals surface area contributed by atoms with Gasteiger partial charge >= 0.3 is 6.03 Å². The van der Waals surface area contributed by atoms with Crippen molar-refractivity contribution in [2.24, 2.45) is 0 Å². The van der Waals surface area contributed by atoms with E-state index in [9.17, 15) is 4.79 Å². The number of halogens is 2. The van der Waals surface area contributed by atoms with Crippen molar-refractivity contribution in [1.82, 2.24) is 5.32 Å². The molecule has 0 saturated carbocycles. The van der Waals surface area contributed by atoms with Crippen LogP contribution in [0.25, 0.3) is 0 Å². The third-order valence-electron chi connectivity index (χ3n) is 2.61. The minimum Gasteiger partial charge on any atom is -0.397 e. The zero-order chi connectivity index (χ0) is 14.5. The van der Waals surface area contributed by atoms with Crippen LogP contribution in [0, 0.1) is 0 Å². The van der Waals surface area contributed by atoms with Gasteiger partial charge in [-0.05, 0) is 35.9 Å². The Morgan fingerprint density at radius 3 is 2.60 bits per heavy atom. The predicted molar refractivity (Wildman–Crippen MR) is 83.2 cm³/mol. The fourth-order valence-electron chi connectivity index (χ4n) is 1.63. The molecule has 0 spiro atoms. The Labute approximate surface area is 126 Å². The third kappa shape index (κ3) is 4.05. The molecule has 0 radical (unpaired) electrons. The van der Waals surface area contributed by atoms with Gasteiger partial charge in [-0.1, -0.05) is 35.3 Å². The number of benzene rings is 2. The highest BCUT2D eigenvalue weighted by Crippen LogP contribution is 2.22. The maximum atomic E-state index is 11.8. The number of nitrogens with one attached hydrogen (secondary N) is 2. The van der Waals surface area contributed by atoms with Crippen molar-refractivity contribution < 1.29 is 4.79 Å². The van der Waals surface area contributed by atoms with Crippen molar-refractivity contribution in [3.8, 4) is 0 Å². The second kappa shape index (κ2) is 6.50. The number of amides is 2. The molecule has 0 heterocycles. The van der Waals surface area contributed by atoms with E-state index in [4.69, 9.17) is 28.9 Å². The summed E-state index contributed by atoms with van der Waals surface area (Å²) in [5.41, 5.74) is 7.58. The Morgan fingerprint density at radius 1 is 1.10 bits per heavy atom. The Balaban J connectivity index is 1.94. The van der Waals surface area contributed by atoms with Gasteiger partial charge in [0.2, 0.25) is 0 Å². The molecule has 20 heavy (non-hydrogen) atoms. The van der Waals surface area contributed by atoms with E-state index < -0.39 is 0 Å². The molecule has 0 saturated heterocycles. The summed E-state index contributed by atoms with van der Waals surface area (Å²) in [7, 11) is 0. The van der Waals surface area contributed by atoms with Crippen LogP contribution in [0.15, 0.2) is 42.5 Å². The van der Waals surface area contributed by atoms with Gasteiger partial charge < -0.3 is 16.4 Å². The van der Waals surface area contributed by atoms with Crippen LogP contribution in [-0.2, 0) is 6.54 Å². The van der Waals surface area contributed by atoms with Crippen LogP contribution in [0.2, 0.25) is 10.0 Å². The lowest BCUT2D eigenvalue weighted by Crippen LogP contribution is -2.28. The zero-order valence-corrected chi connectivity index (χ0v) is 12.0. The van der Waals surface area contributed by atoms with E-state index in [0.29, 0.717) is 28.0 Å². The molecular formula is C14H13Cl2N3O. The van der Waals surface area contributed by atoms with E-state index in [-0.39, 0.29) is 6.03 Å². The van der Waals surface area contributed by atoms with Gasteiger partial charge in [0.25, 0.3) is 0 Å². The first kappa shape index (κ1) is 14.5. The standard InChI is InChI=1S/C14H13Cl2N3O/c15-10-3-1-2-9(6-10)8-18-14(20)19-13-7-11(16)4-5-12(13)17/h1-7H,8,17H2,(H2,18,19,20). The molecule has 2 aromatic carbocycles. The monoisotopic (exact) mass is 309 g/mol. The van der Waals surface area contributed by atoms with E-state index in [1.165, 1.54) is 0 Å². The predicted octanol–water partition coefficient (Wildman–Crippen LogP) is 3.90. The van der Waals surface area contributed by atoms with Crippen molar-refractivity contribution in [1.29, 1.82) is 0 Å². The molecule has 0 aliphatic carbocycles. The molecular weight excluding hydrogens is 297 g/mol. The van der Waals surface area contributed by atoms with E-state index >= 15 is 0 Å². The Bertz CT molecular complexity index is 632. The summed E-state index contributed by atoms with van der Waals surface area (Å²) in [6.07, 6.45) is 0. The number of anilines is 2. The normalized spacial score (nSPS) is 10.1. The maximum Gasteiger partial charge on any atom is 0.319 e. The largest absolute Gasteiger partial charge is 0.397 e. The Hall–Kier alpha value is -1.91. The van der Waals surface area contributed by atoms with Gasteiger partial charge in [0.1, 0.15) is 0 Å². The molecule has 4 nitrogen and oxygen atoms in total. The fraction of sp³-hybridized carbons (Fsp3) is 0.0714. The fourth-order valence-corrected chi connectivity index (χ4v) is 2.02. The SMILES string of the molecule is Nc1ccc(Cl)cc1NC(=O)NCc1cccc(Cl)c1. The van der Waals surface area contributed by atoms with Gasteiger partial charge in [-0.3, -0.25) is 0 Å². The molecule has 0 atom stereocenters. The average molecular weight is 310 g/mol. The molecule has 0 bridgehead atoms. The third-order valence-corrected chi connectivity index (χ3v) is 3.08. The molecule has 104 valence electrons. The number of nitrogens with two attached hydrogens (primary N) is 1. The van der Waals surface area contributed by atoms with Crippen LogP contribution >= 0.6 is 23.2 Å². The van der Waals surface area contributed by atoms with Crippen LogP contribution in [0.3, 0.4) is 0 Å². The van der Waals surface area contributed by atoms with Gasteiger partial charge in [0.05, 0.1) is 11.4 Å². The van der Waals surface area contributed by atoms with E-state index in [2.05, 4.69) is 10.6 Å². The quantitative estimate of drug-likeness (QED) is 0.753. The van der Waals surface area contributed by atoms with Crippen molar-refractivity contribution in [3.63, 3.8) is 0 Å². The molecule has 2 rings (SSSR count). The van der Waals surface area contributed by atoms with E-state index in [0.717, 1.165) is 5.56 Å². The molecule has 2 amide bonds. The van der Waals surface area contributed by atoms with E-state index in [1.807, 2.05) is 12.1 Å². The summed E-state index contributed by atoms with van der Waals surface area (Å²) >= 11 is 11.7. The number of hydrogen-bond donors (Lipinski definition) is 3. The van der Waals surface area contributed by atoms with Gasteiger partial charge in [0.15, 0.2) is 0 Å². The van der Waals surface area contributed by atoms with Gasteiger partial charge in [-0.25, -0.2) is 4.79 Å². The summed E-state index contributed by atoms with van der Waals surface area (Å²) in [6.45, 7) is 0.368. The second-order valence-electron chi connectivity index (χ2n) is 4.17. The number of urea groups is 1. The van der Waals surface area contributed by atoms with Gasteiger partial charge in [-0.15, -0.1) is 0 Å². The second-order valence-corrected chi connectivity index (χ2v) is 5.04. The summed E-state index contributed by atoms with van der Waals surface area (Å²) in [4.78, 5) is 11.8. The summed E-state index contributed by atoms with van der Waals surface area (Å²) < 4.78 is 0. The highest BCUT2D eigenvalue weighted by atomic mass is 35.5. The van der Waals surface area contributed by atoms with Crippen molar-refractivity contribution in [3.05, 3.63) is 58.1 Å². The molecule has 0 fully saturated rings. The lowest BCUT2D eigenvalue weighted by atomic mass is 10.2. The first-order valence-corrected chi connectivity index (χ1v) is 6.64. The minimum atomic E-state index is -0.362. The molecule has 0 unspecified atom stereocenters.